The number of nitrogens with one attached hydrogen (secondary N) is 1. The molecule has 2 aromatic carbocycles. The Kier molecular flexibility index (Phi) is 6.59. The van der Waals surface area contributed by atoms with Gasteiger partial charge in [-0.15, -0.1) is 0 Å². The molecule has 3 aromatic rings. The number of benzene rings is 2. The first kappa shape index (κ1) is 20.3. The van der Waals surface area contributed by atoms with Gasteiger partial charge in [-0.1, -0.05) is 37.1 Å². The second-order valence-electron chi connectivity index (χ2n) is 7.52. The highest BCUT2D eigenvalue weighted by Gasteiger charge is 2.10. The fourth-order valence-electron chi connectivity index (χ4n) is 3.71. The van der Waals surface area contributed by atoms with Crippen LogP contribution in [0, 0.1) is 4.77 Å². The number of methoxy groups -OCH3 is 1. The van der Waals surface area contributed by atoms with E-state index in [1.807, 2.05) is 30.5 Å². The van der Waals surface area contributed by atoms with E-state index in [9.17, 15) is 0 Å². The van der Waals surface area contributed by atoms with Crippen molar-refractivity contribution in [3.8, 4) is 5.75 Å². The molecule has 30 heavy (non-hydrogen) atoms. The fourth-order valence-corrected chi connectivity index (χ4v) is 3.91. The summed E-state index contributed by atoms with van der Waals surface area (Å²) in [6.07, 6.45) is 7.69. The molecule has 0 radical (unpaired) electrons. The summed E-state index contributed by atoms with van der Waals surface area (Å²) in [4.78, 5) is 2.48. The third-order valence-electron chi connectivity index (χ3n) is 5.43. The van der Waals surface area contributed by atoms with E-state index in [-0.39, 0.29) is 0 Å². The van der Waals surface area contributed by atoms with E-state index in [2.05, 4.69) is 44.5 Å². The Morgan fingerprint density at radius 3 is 2.40 bits per heavy atom. The minimum atomic E-state index is 0.482. The summed E-state index contributed by atoms with van der Waals surface area (Å²) in [5.41, 5.74) is 3.43. The van der Waals surface area contributed by atoms with Gasteiger partial charge in [-0.2, -0.15) is 14.9 Å². The summed E-state index contributed by atoms with van der Waals surface area (Å²) in [7, 11) is 1.66. The van der Waals surface area contributed by atoms with Gasteiger partial charge in [-0.05, 0) is 60.5 Å². The molecule has 2 heterocycles. The number of nitrogens with zero attached hydrogens (tertiary/aromatic N) is 4. The molecule has 156 valence electrons. The van der Waals surface area contributed by atoms with Crippen molar-refractivity contribution in [3.63, 3.8) is 0 Å². The van der Waals surface area contributed by atoms with Gasteiger partial charge in [0.2, 0.25) is 4.77 Å². The van der Waals surface area contributed by atoms with E-state index in [1.54, 1.807) is 11.8 Å². The summed E-state index contributed by atoms with van der Waals surface area (Å²) in [5, 5.41) is 11.8. The Bertz CT molecular complexity index is 1030. The lowest BCUT2D eigenvalue weighted by atomic mass is 10.1. The summed E-state index contributed by atoms with van der Waals surface area (Å²) in [6.45, 7) is 2.29. The van der Waals surface area contributed by atoms with Gasteiger partial charge in [0.25, 0.3) is 0 Å². The Morgan fingerprint density at radius 2 is 1.73 bits per heavy atom. The molecule has 6 nitrogen and oxygen atoms in total. The largest absolute Gasteiger partial charge is 0.497 e. The van der Waals surface area contributed by atoms with Crippen molar-refractivity contribution in [2.45, 2.75) is 32.1 Å². The van der Waals surface area contributed by atoms with Crippen LogP contribution in [0.3, 0.4) is 0 Å². The number of ether oxygens (including phenoxy) is 1. The predicted octanol–water partition coefficient (Wildman–Crippen LogP) is 4.80. The number of hydrogen-bond acceptors (Lipinski definition) is 5. The van der Waals surface area contributed by atoms with Crippen LogP contribution >= 0.6 is 12.2 Å². The zero-order valence-electron chi connectivity index (χ0n) is 17.3. The lowest BCUT2D eigenvalue weighted by Gasteiger charge is -2.22. The van der Waals surface area contributed by atoms with Gasteiger partial charge in [0.15, 0.2) is 5.82 Å². The minimum absolute atomic E-state index is 0.482. The van der Waals surface area contributed by atoms with E-state index in [1.165, 1.54) is 31.4 Å². The summed E-state index contributed by atoms with van der Waals surface area (Å²) in [5.74, 6) is 1.60. The average Bonchev–Trinajstić information content (AvgIpc) is 2.97. The summed E-state index contributed by atoms with van der Waals surface area (Å²) >= 11 is 5.37. The molecule has 0 amide bonds. The van der Waals surface area contributed by atoms with Crippen LogP contribution in [0.5, 0.6) is 5.75 Å². The van der Waals surface area contributed by atoms with Gasteiger partial charge in [0, 0.05) is 25.2 Å². The van der Waals surface area contributed by atoms with Crippen molar-refractivity contribution >= 4 is 24.1 Å². The molecule has 1 N–H and O–H groups in total. The van der Waals surface area contributed by atoms with Crippen LogP contribution in [0.15, 0.2) is 53.6 Å². The summed E-state index contributed by atoms with van der Waals surface area (Å²) in [6, 6.07) is 16.5. The molecule has 0 aliphatic carbocycles. The quantitative estimate of drug-likeness (QED) is 0.459. The van der Waals surface area contributed by atoms with E-state index in [0.717, 1.165) is 35.8 Å². The first-order valence-corrected chi connectivity index (χ1v) is 10.8. The normalized spacial score (nSPS) is 14.8. The molecule has 1 aromatic heterocycles. The maximum absolute atomic E-state index is 5.37. The van der Waals surface area contributed by atoms with Crippen molar-refractivity contribution in [2.75, 3.05) is 25.1 Å². The van der Waals surface area contributed by atoms with Gasteiger partial charge in [-0.3, -0.25) is 5.10 Å². The minimum Gasteiger partial charge on any atom is -0.497 e. The van der Waals surface area contributed by atoms with Crippen LogP contribution < -0.4 is 9.64 Å². The molecule has 1 aliphatic heterocycles. The van der Waals surface area contributed by atoms with Crippen molar-refractivity contribution < 1.29 is 4.74 Å². The second-order valence-corrected chi connectivity index (χ2v) is 7.91. The van der Waals surface area contributed by atoms with Crippen molar-refractivity contribution in [2.24, 2.45) is 5.10 Å². The van der Waals surface area contributed by atoms with Crippen LogP contribution in [-0.2, 0) is 6.42 Å². The Hall–Kier alpha value is -2.93. The third kappa shape index (κ3) is 4.97. The zero-order valence-corrected chi connectivity index (χ0v) is 18.1. The van der Waals surface area contributed by atoms with Gasteiger partial charge >= 0.3 is 0 Å². The molecule has 1 saturated heterocycles. The summed E-state index contributed by atoms with van der Waals surface area (Å²) < 4.78 is 7.38. The Balaban J connectivity index is 1.47. The molecule has 4 rings (SSSR count). The molecular formula is C23H27N5OS. The lowest BCUT2D eigenvalue weighted by molar-refractivity contribution is 0.414. The molecule has 1 fully saturated rings. The second kappa shape index (κ2) is 9.71. The number of aromatic nitrogens is 3. The molecule has 1 aliphatic rings. The van der Waals surface area contributed by atoms with Crippen LogP contribution in [0.2, 0.25) is 0 Å². The van der Waals surface area contributed by atoms with E-state index in [4.69, 9.17) is 17.0 Å². The Labute approximate surface area is 182 Å². The van der Waals surface area contributed by atoms with E-state index < -0.39 is 0 Å². The van der Waals surface area contributed by atoms with E-state index in [0.29, 0.717) is 11.2 Å². The van der Waals surface area contributed by atoms with Gasteiger partial charge in [0.05, 0.1) is 13.3 Å². The maximum atomic E-state index is 5.37. The highest BCUT2D eigenvalue weighted by Crippen LogP contribution is 2.20. The van der Waals surface area contributed by atoms with Gasteiger partial charge in [0.1, 0.15) is 5.75 Å². The first-order valence-electron chi connectivity index (χ1n) is 10.4. The first-order chi connectivity index (χ1) is 14.7. The molecule has 0 bridgehead atoms. The zero-order chi connectivity index (χ0) is 20.8. The smallest absolute Gasteiger partial charge is 0.216 e. The molecule has 0 unspecified atom stereocenters. The highest BCUT2D eigenvalue weighted by molar-refractivity contribution is 7.71. The van der Waals surface area contributed by atoms with Crippen molar-refractivity contribution in [1.29, 1.82) is 0 Å². The lowest BCUT2D eigenvalue weighted by Crippen LogP contribution is -2.23. The van der Waals surface area contributed by atoms with Gasteiger partial charge < -0.3 is 9.64 Å². The van der Waals surface area contributed by atoms with E-state index >= 15 is 0 Å². The van der Waals surface area contributed by atoms with Crippen LogP contribution in [-0.4, -0.2) is 41.3 Å². The third-order valence-corrected chi connectivity index (χ3v) is 5.69. The monoisotopic (exact) mass is 421 g/mol. The molecule has 0 atom stereocenters. The number of aromatic amines is 1. The van der Waals surface area contributed by atoms with Crippen molar-refractivity contribution in [1.82, 2.24) is 14.9 Å². The highest BCUT2D eigenvalue weighted by atomic mass is 32.1. The van der Waals surface area contributed by atoms with Crippen LogP contribution in [0.4, 0.5) is 5.69 Å². The van der Waals surface area contributed by atoms with Gasteiger partial charge in [-0.25, -0.2) is 0 Å². The predicted molar refractivity (Wildman–Crippen MR) is 123 cm³/mol. The van der Waals surface area contributed by atoms with Crippen LogP contribution in [0.25, 0.3) is 0 Å². The molecule has 0 saturated carbocycles. The number of H-pyrrole nitrogens is 1. The Morgan fingerprint density at radius 1 is 1.03 bits per heavy atom. The molecule has 7 heteroatoms. The van der Waals surface area contributed by atoms with Crippen LogP contribution in [0.1, 0.15) is 42.6 Å². The SMILES string of the molecule is COc1ccc(Cc2n[nH]c(=S)n2/N=C\c2ccc(N3CCCCCC3)cc2)cc1. The number of anilines is 1. The number of rotatable bonds is 6. The molecular weight excluding hydrogens is 394 g/mol. The standard InChI is InChI=1S/C23H27N5OS/c1-29-21-12-8-18(9-13-21)16-22-25-26-23(30)28(22)24-17-19-6-10-20(11-7-19)27-14-4-2-3-5-15-27/h6-13,17H,2-5,14-16H2,1H3,(H,26,30)/b24-17-. The topological polar surface area (TPSA) is 58.4 Å². The maximum Gasteiger partial charge on any atom is 0.216 e. The number of hydrogen-bond donors (Lipinski definition) is 1. The molecule has 0 spiro atoms. The fraction of sp³-hybridized carbons (Fsp3) is 0.348. The van der Waals surface area contributed by atoms with Crippen molar-refractivity contribution in [3.05, 3.63) is 70.3 Å². The average molecular weight is 422 g/mol.